The molecule has 1 atom stereocenters. The number of hydrogen-bond acceptors (Lipinski definition) is 5. The molecule has 5 heteroatoms. The van der Waals surface area contributed by atoms with E-state index < -0.39 is 0 Å². The molecule has 0 bridgehead atoms. The summed E-state index contributed by atoms with van der Waals surface area (Å²) < 4.78 is 0. The van der Waals surface area contributed by atoms with Crippen LogP contribution in [-0.4, -0.2) is 35.6 Å². The maximum Gasteiger partial charge on any atom is 0.227 e. The van der Waals surface area contributed by atoms with Gasteiger partial charge >= 0.3 is 0 Å². The molecule has 0 amide bonds. The number of hydrogen-bond donors (Lipinski definition) is 1. The molecule has 0 saturated carbocycles. The van der Waals surface area contributed by atoms with Crippen molar-refractivity contribution in [3.63, 3.8) is 0 Å². The molecular weight excluding hydrogens is 226 g/mol. The molecule has 2 heterocycles. The second-order valence-electron chi connectivity index (χ2n) is 4.59. The zero-order valence-electron chi connectivity index (χ0n) is 11.0. The van der Waals surface area contributed by atoms with Crippen molar-refractivity contribution in [2.75, 3.05) is 24.5 Å². The Bertz CT molecular complexity index is 445. The van der Waals surface area contributed by atoms with E-state index in [1.165, 1.54) is 6.42 Å². The van der Waals surface area contributed by atoms with E-state index in [-0.39, 0.29) is 0 Å². The average molecular weight is 245 g/mol. The monoisotopic (exact) mass is 245 g/mol. The van der Waals surface area contributed by atoms with Crippen molar-refractivity contribution in [3.8, 4) is 6.07 Å². The molecule has 0 aromatic carbocycles. The number of aryl methyl sites for hydroxylation is 1. The van der Waals surface area contributed by atoms with Crippen molar-refractivity contribution in [2.24, 2.45) is 0 Å². The summed E-state index contributed by atoms with van der Waals surface area (Å²) in [7, 11) is 0. The minimum absolute atomic E-state index is 0.428. The first-order valence-corrected chi connectivity index (χ1v) is 6.47. The molecule has 1 unspecified atom stereocenters. The fourth-order valence-corrected chi connectivity index (χ4v) is 2.40. The number of piperidine rings is 1. The summed E-state index contributed by atoms with van der Waals surface area (Å²) in [6.45, 7) is 6.92. The quantitative estimate of drug-likeness (QED) is 0.867. The number of rotatable bonds is 3. The first-order valence-electron chi connectivity index (χ1n) is 6.47. The molecule has 1 aromatic heterocycles. The van der Waals surface area contributed by atoms with Crippen LogP contribution in [0.15, 0.2) is 6.07 Å². The lowest BCUT2D eigenvalue weighted by molar-refractivity contribution is 0.431. The zero-order valence-corrected chi connectivity index (χ0v) is 11.0. The molecule has 1 aliphatic heterocycles. The molecule has 0 aliphatic carbocycles. The summed E-state index contributed by atoms with van der Waals surface area (Å²) in [5.41, 5.74) is 1.29. The van der Waals surface area contributed by atoms with E-state index in [4.69, 9.17) is 5.26 Å². The van der Waals surface area contributed by atoms with E-state index >= 15 is 0 Å². The topological polar surface area (TPSA) is 64.8 Å². The maximum absolute atomic E-state index is 8.98. The number of aromatic nitrogens is 2. The molecule has 96 valence electrons. The van der Waals surface area contributed by atoms with Gasteiger partial charge < -0.3 is 10.2 Å². The van der Waals surface area contributed by atoms with E-state index in [9.17, 15) is 0 Å². The number of nitriles is 1. The van der Waals surface area contributed by atoms with Crippen LogP contribution in [0.3, 0.4) is 0 Å². The first kappa shape index (κ1) is 12.8. The summed E-state index contributed by atoms with van der Waals surface area (Å²) >= 11 is 0. The van der Waals surface area contributed by atoms with E-state index in [0.717, 1.165) is 31.7 Å². The van der Waals surface area contributed by atoms with Crippen LogP contribution >= 0.6 is 0 Å². The molecule has 18 heavy (non-hydrogen) atoms. The van der Waals surface area contributed by atoms with Crippen LogP contribution < -0.4 is 10.2 Å². The van der Waals surface area contributed by atoms with Gasteiger partial charge in [-0.25, -0.2) is 9.97 Å². The summed E-state index contributed by atoms with van der Waals surface area (Å²) in [5, 5.41) is 12.4. The lowest BCUT2D eigenvalue weighted by Crippen LogP contribution is -2.46. The third kappa shape index (κ3) is 2.77. The predicted molar refractivity (Wildman–Crippen MR) is 70.4 cm³/mol. The number of nitrogens with zero attached hydrogens (tertiary/aromatic N) is 4. The Hall–Kier alpha value is -1.67. The van der Waals surface area contributed by atoms with Gasteiger partial charge in [-0.2, -0.15) is 5.26 Å². The van der Waals surface area contributed by atoms with Crippen molar-refractivity contribution in [3.05, 3.63) is 17.5 Å². The molecule has 0 radical (unpaired) electrons. The van der Waals surface area contributed by atoms with Gasteiger partial charge in [0, 0.05) is 24.8 Å². The van der Waals surface area contributed by atoms with Crippen LogP contribution in [0, 0.1) is 18.3 Å². The fraction of sp³-hybridized carbons (Fsp3) is 0.615. The van der Waals surface area contributed by atoms with Gasteiger partial charge in [0.2, 0.25) is 5.95 Å². The number of nitrogens with one attached hydrogen (secondary N) is 1. The Balaban J connectivity index is 2.26. The van der Waals surface area contributed by atoms with E-state index in [2.05, 4.69) is 33.2 Å². The Morgan fingerprint density at radius 2 is 2.39 bits per heavy atom. The van der Waals surface area contributed by atoms with Crippen LogP contribution in [0.4, 0.5) is 5.95 Å². The van der Waals surface area contributed by atoms with Gasteiger partial charge in [0.25, 0.3) is 0 Å². The van der Waals surface area contributed by atoms with Crippen molar-refractivity contribution in [2.45, 2.75) is 32.7 Å². The van der Waals surface area contributed by atoms with E-state index in [1.807, 2.05) is 6.92 Å². The summed E-state index contributed by atoms with van der Waals surface area (Å²) in [4.78, 5) is 11.0. The molecule has 0 spiro atoms. The minimum Gasteiger partial charge on any atom is -0.337 e. The van der Waals surface area contributed by atoms with Crippen molar-refractivity contribution >= 4 is 5.95 Å². The zero-order chi connectivity index (χ0) is 13.0. The second-order valence-corrected chi connectivity index (χ2v) is 4.59. The number of likely N-dealkylation sites (N-methyl/N-ethyl adjacent to an activating group) is 1. The Morgan fingerprint density at radius 3 is 3.00 bits per heavy atom. The van der Waals surface area contributed by atoms with Gasteiger partial charge in [0.05, 0.1) is 0 Å². The van der Waals surface area contributed by atoms with Crippen LogP contribution in [0.2, 0.25) is 0 Å². The summed E-state index contributed by atoms with van der Waals surface area (Å²) in [6, 6.07) is 4.24. The Kier molecular flexibility index (Phi) is 4.11. The fourth-order valence-electron chi connectivity index (χ4n) is 2.40. The van der Waals surface area contributed by atoms with Gasteiger partial charge in [-0.3, -0.25) is 0 Å². The molecule has 1 aliphatic rings. The number of anilines is 1. The lowest BCUT2D eigenvalue weighted by atomic mass is 10.1. The molecule has 1 aromatic rings. The summed E-state index contributed by atoms with van der Waals surface area (Å²) in [5.74, 6) is 0.683. The van der Waals surface area contributed by atoms with Crippen molar-refractivity contribution in [1.29, 1.82) is 5.26 Å². The highest BCUT2D eigenvalue weighted by Gasteiger charge is 2.22. The summed E-state index contributed by atoms with van der Waals surface area (Å²) in [6.07, 6.45) is 2.33. The molecule has 1 N–H and O–H groups in total. The van der Waals surface area contributed by atoms with Crippen LogP contribution in [0.5, 0.6) is 0 Å². The minimum atomic E-state index is 0.428. The van der Waals surface area contributed by atoms with E-state index in [1.54, 1.807) is 6.07 Å². The maximum atomic E-state index is 8.98. The molecule has 1 saturated heterocycles. The van der Waals surface area contributed by atoms with Crippen LogP contribution in [-0.2, 0) is 0 Å². The van der Waals surface area contributed by atoms with Gasteiger partial charge in [0.15, 0.2) is 0 Å². The Morgan fingerprint density at radius 1 is 1.56 bits per heavy atom. The van der Waals surface area contributed by atoms with Gasteiger partial charge in [-0.15, -0.1) is 0 Å². The largest absolute Gasteiger partial charge is 0.337 e. The highest BCUT2D eigenvalue weighted by molar-refractivity contribution is 5.37. The smallest absolute Gasteiger partial charge is 0.227 e. The lowest BCUT2D eigenvalue weighted by Gasteiger charge is -2.34. The van der Waals surface area contributed by atoms with Crippen molar-refractivity contribution < 1.29 is 0 Å². The van der Waals surface area contributed by atoms with Gasteiger partial charge in [-0.05, 0) is 39.3 Å². The second kappa shape index (κ2) is 5.78. The molecule has 5 nitrogen and oxygen atoms in total. The molecule has 2 rings (SSSR count). The predicted octanol–water partition coefficient (Wildman–Crippen LogP) is 1.23. The van der Waals surface area contributed by atoms with E-state index in [0.29, 0.717) is 17.7 Å². The third-order valence-electron chi connectivity index (χ3n) is 3.27. The highest BCUT2D eigenvalue weighted by atomic mass is 15.3. The normalized spacial score (nSPS) is 19.3. The highest BCUT2D eigenvalue weighted by Crippen LogP contribution is 2.17. The molecule has 1 fully saturated rings. The van der Waals surface area contributed by atoms with Gasteiger partial charge in [-0.1, -0.05) is 0 Å². The SMILES string of the molecule is CCN(c1nc(C)cc(C#N)n1)C1CCCNC1. The first-order chi connectivity index (χ1) is 8.74. The molecular formula is C13H19N5. The van der Waals surface area contributed by atoms with Crippen LogP contribution in [0.1, 0.15) is 31.2 Å². The van der Waals surface area contributed by atoms with Gasteiger partial charge in [0.1, 0.15) is 11.8 Å². The Labute approximate surface area is 108 Å². The van der Waals surface area contributed by atoms with Crippen LogP contribution in [0.25, 0.3) is 0 Å². The third-order valence-corrected chi connectivity index (χ3v) is 3.27. The average Bonchev–Trinajstić information content (AvgIpc) is 2.40. The standard InChI is InChI=1S/C13H19N5/c1-3-18(12-5-4-6-15-9-12)13-16-10(2)7-11(8-14)17-13/h7,12,15H,3-6,9H2,1-2H3. The van der Waals surface area contributed by atoms with Crippen molar-refractivity contribution in [1.82, 2.24) is 15.3 Å².